The number of nitrogens with one attached hydrogen (secondary N) is 2. The van der Waals surface area contributed by atoms with Gasteiger partial charge in [0.05, 0.1) is 11.9 Å². The van der Waals surface area contributed by atoms with Gasteiger partial charge in [0.15, 0.2) is 0 Å². The molecular weight excluding hydrogens is 304 g/mol. The summed E-state index contributed by atoms with van der Waals surface area (Å²) in [6.45, 7) is 10.0. The second kappa shape index (κ2) is 8.38. The summed E-state index contributed by atoms with van der Waals surface area (Å²) in [5.74, 6) is 1.44. The van der Waals surface area contributed by atoms with Crippen molar-refractivity contribution in [2.45, 2.75) is 40.5 Å². The molecule has 0 atom stereocenters. The van der Waals surface area contributed by atoms with Crippen molar-refractivity contribution in [3.8, 4) is 0 Å². The summed E-state index contributed by atoms with van der Waals surface area (Å²) >= 11 is 0. The maximum Gasteiger partial charge on any atom is 0.250 e. The minimum Gasteiger partial charge on any atom is -0.444 e. The first-order valence-corrected chi connectivity index (χ1v) is 8.39. The number of aryl methyl sites for hydroxylation is 2. The Morgan fingerprint density at radius 3 is 2.50 bits per heavy atom. The number of aromatic amines is 1. The van der Waals surface area contributed by atoms with Gasteiger partial charge in [-0.2, -0.15) is 5.10 Å². The Morgan fingerprint density at radius 2 is 1.92 bits per heavy atom. The highest BCUT2D eigenvalue weighted by atomic mass is 16.4. The van der Waals surface area contributed by atoms with Crippen LogP contribution in [0.25, 0.3) is 0 Å². The zero-order valence-corrected chi connectivity index (χ0v) is 14.8. The van der Waals surface area contributed by atoms with Crippen LogP contribution >= 0.6 is 0 Å². The molecule has 0 saturated carbocycles. The van der Waals surface area contributed by atoms with E-state index in [9.17, 15) is 4.79 Å². The van der Waals surface area contributed by atoms with Crippen LogP contribution in [0.15, 0.2) is 32.5 Å². The first-order chi connectivity index (χ1) is 11.5. The average Bonchev–Trinajstić information content (AvgIpc) is 2.85. The molecule has 0 aromatic carbocycles. The molecule has 0 aliphatic rings. The zero-order valence-electron chi connectivity index (χ0n) is 14.8. The number of pyridine rings is 1. The molecule has 0 aliphatic carbocycles. The third-order valence-electron chi connectivity index (χ3n) is 3.75. The largest absolute Gasteiger partial charge is 0.444 e. The van der Waals surface area contributed by atoms with Crippen molar-refractivity contribution in [3.05, 3.63) is 45.6 Å². The SMILES string of the molecule is CCCN(CCC)c1cc(/C=N/Nc2cc(C)c(C)o2)[nH]c(=O)c1. The third kappa shape index (κ3) is 4.75. The number of rotatable bonds is 8. The van der Waals surface area contributed by atoms with E-state index in [-0.39, 0.29) is 5.56 Å². The molecule has 2 rings (SSSR count). The molecule has 0 radical (unpaired) electrons. The van der Waals surface area contributed by atoms with Gasteiger partial charge in [0, 0.05) is 30.9 Å². The van der Waals surface area contributed by atoms with Crippen LogP contribution in [0.5, 0.6) is 0 Å². The quantitative estimate of drug-likeness (QED) is 0.572. The fraction of sp³-hybridized carbons (Fsp3) is 0.444. The first-order valence-electron chi connectivity index (χ1n) is 8.39. The number of H-pyrrole nitrogens is 1. The molecule has 24 heavy (non-hydrogen) atoms. The number of furan rings is 1. The molecule has 0 spiro atoms. The maximum absolute atomic E-state index is 11.9. The Morgan fingerprint density at radius 1 is 1.21 bits per heavy atom. The highest BCUT2D eigenvalue weighted by Crippen LogP contribution is 2.17. The van der Waals surface area contributed by atoms with Crippen molar-refractivity contribution in [1.29, 1.82) is 0 Å². The van der Waals surface area contributed by atoms with Gasteiger partial charge in [-0.05, 0) is 38.3 Å². The molecule has 2 N–H and O–H groups in total. The van der Waals surface area contributed by atoms with E-state index >= 15 is 0 Å². The van der Waals surface area contributed by atoms with Gasteiger partial charge in [0.2, 0.25) is 11.4 Å². The number of hydrogen-bond acceptors (Lipinski definition) is 5. The normalized spacial score (nSPS) is 11.2. The molecular formula is C18H26N4O2. The van der Waals surface area contributed by atoms with E-state index in [1.807, 2.05) is 26.0 Å². The minimum atomic E-state index is -0.129. The van der Waals surface area contributed by atoms with E-state index in [0.717, 1.165) is 42.9 Å². The molecule has 0 bridgehead atoms. The highest BCUT2D eigenvalue weighted by molar-refractivity contribution is 5.79. The summed E-state index contributed by atoms with van der Waals surface area (Å²) in [6.07, 6.45) is 3.66. The Hall–Kier alpha value is -2.50. The predicted octanol–water partition coefficient (Wildman–Crippen LogP) is 3.66. The van der Waals surface area contributed by atoms with Gasteiger partial charge in [-0.3, -0.25) is 4.79 Å². The van der Waals surface area contributed by atoms with Gasteiger partial charge < -0.3 is 14.3 Å². The Labute approximate surface area is 142 Å². The molecule has 2 aromatic heterocycles. The zero-order chi connectivity index (χ0) is 17.5. The van der Waals surface area contributed by atoms with Crippen LogP contribution in [0.4, 0.5) is 11.6 Å². The van der Waals surface area contributed by atoms with Crippen LogP contribution in [0, 0.1) is 13.8 Å². The lowest BCUT2D eigenvalue weighted by Gasteiger charge is -2.23. The molecule has 6 heteroatoms. The van der Waals surface area contributed by atoms with Gasteiger partial charge in [0.25, 0.3) is 0 Å². The lowest BCUT2D eigenvalue weighted by atomic mass is 10.2. The van der Waals surface area contributed by atoms with Crippen LogP contribution < -0.4 is 15.9 Å². The maximum atomic E-state index is 11.9. The first kappa shape index (κ1) is 17.8. The average molecular weight is 330 g/mol. The molecule has 0 fully saturated rings. The summed E-state index contributed by atoms with van der Waals surface area (Å²) in [4.78, 5) is 16.9. The van der Waals surface area contributed by atoms with Gasteiger partial charge in [0.1, 0.15) is 5.76 Å². The lowest BCUT2D eigenvalue weighted by Crippen LogP contribution is -2.26. The monoisotopic (exact) mass is 330 g/mol. The van der Waals surface area contributed by atoms with Gasteiger partial charge >= 0.3 is 0 Å². The smallest absolute Gasteiger partial charge is 0.250 e. The molecule has 6 nitrogen and oxygen atoms in total. The molecule has 2 aromatic rings. The Balaban J connectivity index is 2.14. The van der Waals surface area contributed by atoms with Crippen LogP contribution in [0.2, 0.25) is 0 Å². The van der Waals surface area contributed by atoms with Crippen LogP contribution in [0.1, 0.15) is 43.7 Å². The lowest BCUT2D eigenvalue weighted by molar-refractivity contribution is 0.545. The van der Waals surface area contributed by atoms with Crippen LogP contribution in [-0.2, 0) is 0 Å². The molecule has 0 amide bonds. The van der Waals surface area contributed by atoms with Crippen molar-refractivity contribution < 1.29 is 4.42 Å². The van der Waals surface area contributed by atoms with E-state index < -0.39 is 0 Å². The number of hydrazone groups is 1. The van der Waals surface area contributed by atoms with Crippen molar-refractivity contribution in [1.82, 2.24) is 4.98 Å². The van der Waals surface area contributed by atoms with Crippen molar-refractivity contribution >= 4 is 17.8 Å². The van der Waals surface area contributed by atoms with E-state index in [4.69, 9.17) is 4.42 Å². The van der Waals surface area contributed by atoms with Crippen molar-refractivity contribution in [3.63, 3.8) is 0 Å². The Bertz CT molecular complexity index is 720. The third-order valence-corrected chi connectivity index (χ3v) is 3.75. The van der Waals surface area contributed by atoms with E-state index in [1.165, 1.54) is 0 Å². The highest BCUT2D eigenvalue weighted by Gasteiger charge is 2.07. The van der Waals surface area contributed by atoms with E-state index in [2.05, 4.69) is 34.3 Å². The number of aromatic nitrogens is 1. The van der Waals surface area contributed by atoms with Crippen LogP contribution in [-0.4, -0.2) is 24.3 Å². The molecule has 0 unspecified atom stereocenters. The predicted molar refractivity (Wildman–Crippen MR) is 99.3 cm³/mol. The summed E-state index contributed by atoms with van der Waals surface area (Å²) < 4.78 is 5.50. The second-order valence-electron chi connectivity index (χ2n) is 5.87. The molecule has 130 valence electrons. The fourth-order valence-electron chi connectivity index (χ4n) is 2.51. The van der Waals surface area contributed by atoms with Gasteiger partial charge in [-0.1, -0.05) is 13.8 Å². The summed E-state index contributed by atoms with van der Waals surface area (Å²) in [5.41, 5.74) is 5.36. The van der Waals surface area contributed by atoms with Gasteiger partial charge in [-0.15, -0.1) is 0 Å². The topological polar surface area (TPSA) is 73.6 Å². The minimum absolute atomic E-state index is 0.129. The standard InChI is InChI=1S/C18H26N4O2/c1-5-7-22(8-6-2)16-10-15(20-17(23)11-16)12-19-21-18-9-13(3)14(4)24-18/h9-12,21H,5-8H2,1-4H3,(H,20,23)/b19-12+. The van der Waals surface area contributed by atoms with E-state index in [0.29, 0.717) is 11.6 Å². The van der Waals surface area contributed by atoms with Gasteiger partial charge in [-0.25, -0.2) is 5.43 Å². The number of hydrogen-bond donors (Lipinski definition) is 2. The number of nitrogens with zero attached hydrogens (tertiary/aromatic N) is 2. The molecule has 0 saturated heterocycles. The summed E-state index contributed by atoms with van der Waals surface area (Å²) in [5, 5.41) is 4.14. The summed E-state index contributed by atoms with van der Waals surface area (Å²) in [6, 6.07) is 5.46. The summed E-state index contributed by atoms with van der Waals surface area (Å²) in [7, 11) is 0. The van der Waals surface area contributed by atoms with Crippen LogP contribution in [0.3, 0.4) is 0 Å². The fourth-order valence-corrected chi connectivity index (χ4v) is 2.51. The molecule has 2 heterocycles. The van der Waals surface area contributed by atoms with Crippen molar-refractivity contribution in [2.75, 3.05) is 23.4 Å². The number of anilines is 2. The second-order valence-corrected chi connectivity index (χ2v) is 5.87. The van der Waals surface area contributed by atoms with E-state index in [1.54, 1.807) is 12.3 Å². The molecule has 0 aliphatic heterocycles. The van der Waals surface area contributed by atoms with Crippen molar-refractivity contribution in [2.24, 2.45) is 5.10 Å². The Kier molecular flexibility index (Phi) is 6.23.